The lowest BCUT2D eigenvalue weighted by atomic mass is 10.1. The minimum Gasteiger partial charge on any atom is -0.493 e. The van der Waals surface area contributed by atoms with Crippen LogP contribution >= 0.6 is 11.6 Å². The Morgan fingerprint density at radius 3 is 2.55 bits per heavy atom. The van der Waals surface area contributed by atoms with Crippen LogP contribution in [0.3, 0.4) is 0 Å². The van der Waals surface area contributed by atoms with Gasteiger partial charge >= 0.3 is 0 Å². The van der Waals surface area contributed by atoms with Crippen molar-refractivity contribution in [1.82, 2.24) is 9.80 Å². The van der Waals surface area contributed by atoms with Crippen LogP contribution in [0.1, 0.15) is 21.5 Å². The molecule has 2 aliphatic rings. The number of amides is 2. The summed E-state index contributed by atoms with van der Waals surface area (Å²) in [6.07, 6.45) is 4.25. The zero-order valence-corrected chi connectivity index (χ0v) is 16.5. The SMILES string of the molecule is O=C(/C=C/c1ccc2c(c1)CCO2)N1CCN(C(=O)c2ccc(F)cc2Cl)CC1. The van der Waals surface area contributed by atoms with Crippen LogP contribution in [-0.4, -0.2) is 54.4 Å². The fraction of sp³-hybridized carbons (Fsp3) is 0.273. The van der Waals surface area contributed by atoms with Gasteiger partial charge in [-0.1, -0.05) is 17.7 Å². The van der Waals surface area contributed by atoms with E-state index >= 15 is 0 Å². The lowest BCUT2D eigenvalue weighted by molar-refractivity contribution is -0.127. The highest BCUT2D eigenvalue weighted by molar-refractivity contribution is 6.33. The summed E-state index contributed by atoms with van der Waals surface area (Å²) in [6.45, 7) is 2.38. The highest BCUT2D eigenvalue weighted by Gasteiger charge is 2.25. The number of rotatable bonds is 3. The first-order chi connectivity index (χ1) is 14.0. The molecule has 0 aliphatic carbocycles. The van der Waals surface area contributed by atoms with Gasteiger partial charge in [-0.3, -0.25) is 9.59 Å². The van der Waals surface area contributed by atoms with E-state index in [0.29, 0.717) is 32.8 Å². The van der Waals surface area contributed by atoms with Crippen LogP contribution in [0.4, 0.5) is 4.39 Å². The van der Waals surface area contributed by atoms with Crippen LogP contribution in [0.25, 0.3) is 6.08 Å². The molecule has 2 heterocycles. The molecule has 0 unspecified atom stereocenters. The lowest BCUT2D eigenvalue weighted by Gasteiger charge is -2.34. The van der Waals surface area contributed by atoms with Crippen molar-refractivity contribution in [2.45, 2.75) is 6.42 Å². The second-order valence-electron chi connectivity index (χ2n) is 7.04. The van der Waals surface area contributed by atoms with Crippen molar-refractivity contribution in [3.05, 3.63) is 70.0 Å². The van der Waals surface area contributed by atoms with Gasteiger partial charge in [0.05, 0.1) is 17.2 Å². The van der Waals surface area contributed by atoms with E-state index in [1.54, 1.807) is 22.0 Å². The molecule has 1 fully saturated rings. The van der Waals surface area contributed by atoms with E-state index < -0.39 is 5.82 Å². The maximum absolute atomic E-state index is 13.2. The zero-order chi connectivity index (χ0) is 20.4. The molecule has 0 saturated carbocycles. The smallest absolute Gasteiger partial charge is 0.255 e. The second kappa shape index (κ2) is 8.25. The normalized spacial score (nSPS) is 16.1. The predicted octanol–water partition coefficient (Wildman–Crippen LogP) is 3.41. The molecule has 5 nitrogen and oxygen atoms in total. The number of fused-ring (bicyclic) bond motifs is 1. The Kier molecular flexibility index (Phi) is 5.53. The molecule has 29 heavy (non-hydrogen) atoms. The lowest BCUT2D eigenvalue weighted by Crippen LogP contribution is -2.50. The van der Waals surface area contributed by atoms with E-state index in [2.05, 4.69) is 0 Å². The minimum absolute atomic E-state index is 0.0892. The quantitative estimate of drug-likeness (QED) is 0.723. The second-order valence-corrected chi connectivity index (χ2v) is 7.45. The summed E-state index contributed by atoms with van der Waals surface area (Å²) in [7, 11) is 0. The molecule has 0 spiro atoms. The average Bonchev–Trinajstić information content (AvgIpc) is 3.19. The first kappa shape index (κ1) is 19.5. The molecule has 0 N–H and O–H groups in total. The first-order valence-electron chi connectivity index (χ1n) is 9.48. The van der Waals surface area contributed by atoms with E-state index in [-0.39, 0.29) is 22.4 Å². The number of carbonyl (C=O) groups excluding carboxylic acids is 2. The fourth-order valence-corrected chi connectivity index (χ4v) is 3.79. The summed E-state index contributed by atoms with van der Waals surface area (Å²) < 4.78 is 18.7. The van der Waals surface area contributed by atoms with Gasteiger partial charge in [-0.05, 0) is 47.5 Å². The Labute approximate surface area is 173 Å². The van der Waals surface area contributed by atoms with Gasteiger partial charge < -0.3 is 14.5 Å². The average molecular weight is 415 g/mol. The number of benzene rings is 2. The van der Waals surface area contributed by atoms with Gasteiger partial charge in [0.25, 0.3) is 5.91 Å². The van der Waals surface area contributed by atoms with Gasteiger partial charge in [-0.2, -0.15) is 0 Å². The number of hydrogen-bond acceptors (Lipinski definition) is 3. The van der Waals surface area contributed by atoms with E-state index in [9.17, 15) is 14.0 Å². The van der Waals surface area contributed by atoms with E-state index in [1.165, 1.54) is 12.1 Å². The van der Waals surface area contributed by atoms with Crippen molar-refractivity contribution in [2.24, 2.45) is 0 Å². The zero-order valence-electron chi connectivity index (χ0n) is 15.7. The van der Waals surface area contributed by atoms with Gasteiger partial charge in [-0.25, -0.2) is 4.39 Å². The highest BCUT2D eigenvalue weighted by atomic mass is 35.5. The van der Waals surface area contributed by atoms with Crippen molar-refractivity contribution < 1.29 is 18.7 Å². The number of carbonyl (C=O) groups is 2. The Balaban J connectivity index is 1.34. The maximum Gasteiger partial charge on any atom is 0.255 e. The summed E-state index contributed by atoms with van der Waals surface area (Å²) in [5, 5.41) is 0.0937. The molecular formula is C22H20ClFN2O3. The Bertz CT molecular complexity index is 984. The monoisotopic (exact) mass is 414 g/mol. The van der Waals surface area contributed by atoms with Crippen molar-refractivity contribution in [3.8, 4) is 5.75 Å². The number of ether oxygens (including phenoxy) is 1. The third kappa shape index (κ3) is 4.27. The third-order valence-corrected chi connectivity index (χ3v) is 5.48. The van der Waals surface area contributed by atoms with Gasteiger partial charge in [0.15, 0.2) is 0 Å². The summed E-state index contributed by atoms with van der Waals surface area (Å²) in [4.78, 5) is 28.4. The molecule has 0 atom stereocenters. The van der Waals surface area contributed by atoms with E-state index in [0.717, 1.165) is 29.4 Å². The van der Waals surface area contributed by atoms with E-state index in [4.69, 9.17) is 16.3 Å². The van der Waals surface area contributed by atoms with Crippen molar-refractivity contribution in [1.29, 1.82) is 0 Å². The minimum atomic E-state index is -0.482. The molecule has 0 radical (unpaired) electrons. The number of piperazine rings is 1. The molecular weight excluding hydrogens is 395 g/mol. The van der Waals surface area contributed by atoms with Crippen molar-refractivity contribution in [3.63, 3.8) is 0 Å². The largest absolute Gasteiger partial charge is 0.493 e. The summed E-state index contributed by atoms with van der Waals surface area (Å²) >= 11 is 5.99. The van der Waals surface area contributed by atoms with Crippen LogP contribution in [0, 0.1) is 5.82 Å². The molecule has 4 rings (SSSR count). The highest BCUT2D eigenvalue weighted by Crippen LogP contribution is 2.26. The van der Waals surface area contributed by atoms with Gasteiger partial charge in [0.1, 0.15) is 11.6 Å². The van der Waals surface area contributed by atoms with E-state index in [1.807, 2.05) is 18.2 Å². The van der Waals surface area contributed by atoms with Gasteiger partial charge in [0.2, 0.25) is 5.91 Å². The van der Waals surface area contributed by atoms with Crippen LogP contribution in [-0.2, 0) is 11.2 Å². The van der Waals surface area contributed by atoms with Gasteiger partial charge in [0, 0.05) is 38.7 Å². The standard InChI is InChI=1S/C22H20ClFN2O3/c23-19-14-17(24)3-4-18(19)22(28)26-10-8-25(9-11-26)21(27)6-2-15-1-5-20-16(13-15)7-12-29-20/h1-6,13-14H,7-12H2/b6-2+. The summed E-state index contributed by atoms with van der Waals surface area (Å²) in [5.41, 5.74) is 2.39. The van der Waals surface area contributed by atoms with Crippen LogP contribution in [0.2, 0.25) is 5.02 Å². The fourth-order valence-electron chi connectivity index (χ4n) is 3.55. The first-order valence-corrected chi connectivity index (χ1v) is 9.86. The molecule has 0 aromatic heterocycles. The molecule has 2 amide bonds. The van der Waals surface area contributed by atoms with Crippen molar-refractivity contribution in [2.75, 3.05) is 32.8 Å². The molecule has 150 valence electrons. The summed E-state index contributed by atoms with van der Waals surface area (Å²) in [6, 6.07) is 9.63. The Hall–Kier alpha value is -2.86. The molecule has 1 saturated heterocycles. The Morgan fingerprint density at radius 1 is 1.03 bits per heavy atom. The molecule has 0 bridgehead atoms. The van der Waals surface area contributed by atoms with Crippen LogP contribution in [0.15, 0.2) is 42.5 Å². The van der Waals surface area contributed by atoms with Crippen LogP contribution in [0.5, 0.6) is 5.75 Å². The molecule has 2 aromatic rings. The maximum atomic E-state index is 13.2. The number of nitrogens with zero attached hydrogens (tertiary/aromatic N) is 2. The molecule has 7 heteroatoms. The number of hydrogen-bond donors (Lipinski definition) is 0. The van der Waals surface area contributed by atoms with Gasteiger partial charge in [-0.15, -0.1) is 0 Å². The topological polar surface area (TPSA) is 49.9 Å². The number of halogens is 2. The van der Waals surface area contributed by atoms with Crippen LogP contribution < -0.4 is 4.74 Å². The molecule has 2 aliphatic heterocycles. The third-order valence-electron chi connectivity index (χ3n) is 5.17. The molecule has 2 aromatic carbocycles. The Morgan fingerprint density at radius 2 is 1.79 bits per heavy atom. The van der Waals surface area contributed by atoms with Crippen molar-refractivity contribution >= 4 is 29.5 Å². The summed E-state index contributed by atoms with van der Waals surface area (Å²) in [5.74, 6) is 0.0897. The predicted molar refractivity (Wildman–Crippen MR) is 109 cm³/mol.